The number of nitrogens with zero attached hydrogens (tertiary/aromatic N) is 1. The molecule has 2 heterocycles. The first-order valence-corrected chi connectivity index (χ1v) is 11.0. The maximum Gasteiger partial charge on any atom is 0.254 e. The highest BCUT2D eigenvalue weighted by Gasteiger charge is 2.35. The van der Waals surface area contributed by atoms with Crippen LogP contribution in [0.3, 0.4) is 0 Å². The number of benzene rings is 3. The van der Waals surface area contributed by atoms with E-state index in [0.29, 0.717) is 24.5 Å². The summed E-state index contributed by atoms with van der Waals surface area (Å²) in [5, 5.41) is 1.22. The van der Waals surface area contributed by atoms with E-state index in [1.54, 1.807) is 13.2 Å². The second-order valence-corrected chi connectivity index (χ2v) is 7.95. The van der Waals surface area contributed by atoms with E-state index in [9.17, 15) is 4.79 Å². The fourth-order valence-electron chi connectivity index (χ4n) is 4.67. The maximum absolute atomic E-state index is 13.7. The van der Waals surface area contributed by atoms with Crippen LogP contribution in [0.1, 0.15) is 40.1 Å². The number of methoxy groups -OCH3 is 1. The number of H-pyrrole nitrogens is 1. The molecule has 0 saturated heterocycles. The van der Waals surface area contributed by atoms with Crippen molar-refractivity contribution in [2.24, 2.45) is 0 Å². The normalized spacial score (nSPS) is 15.4. The van der Waals surface area contributed by atoms with E-state index in [1.165, 1.54) is 10.9 Å². The molecule has 1 aliphatic heterocycles. The van der Waals surface area contributed by atoms with Crippen molar-refractivity contribution in [1.29, 1.82) is 0 Å². The van der Waals surface area contributed by atoms with Crippen LogP contribution in [-0.2, 0) is 6.42 Å². The van der Waals surface area contributed by atoms with Crippen molar-refractivity contribution < 1.29 is 14.3 Å². The number of fused-ring (bicyclic) bond motifs is 3. The van der Waals surface area contributed by atoms with E-state index in [1.807, 2.05) is 54.3 Å². The molecule has 1 amide bonds. The third kappa shape index (κ3) is 3.50. The third-order valence-electron chi connectivity index (χ3n) is 6.10. The van der Waals surface area contributed by atoms with Crippen LogP contribution in [0, 0.1) is 0 Å². The maximum atomic E-state index is 13.7. The lowest BCUT2D eigenvalue weighted by atomic mass is 9.91. The van der Waals surface area contributed by atoms with Gasteiger partial charge in [0.2, 0.25) is 0 Å². The van der Waals surface area contributed by atoms with Crippen LogP contribution in [0.5, 0.6) is 11.5 Å². The molecular weight excluding hydrogens is 400 g/mol. The monoisotopic (exact) mass is 426 g/mol. The quantitative estimate of drug-likeness (QED) is 0.467. The highest BCUT2D eigenvalue weighted by Crippen LogP contribution is 2.40. The van der Waals surface area contributed by atoms with Crippen LogP contribution < -0.4 is 9.47 Å². The van der Waals surface area contributed by atoms with Gasteiger partial charge in [0.1, 0.15) is 11.5 Å². The number of carbonyl (C=O) groups excluding carboxylic acids is 1. The second-order valence-electron chi connectivity index (χ2n) is 7.95. The van der Waals surface area contributed by atoms with Gasteiger partial charge in [-0.25, -0.2) is 0 Å². The molecule has 32 heavy (non-hydrogen) atoms. The molecule has 0 saturated carbocycles. The topological polar surface area (TPSA) is 54.6 Å². The largest absolute Gasteiger partial charge is 0.497 e. The number of carbonyl (C=O) groups is 1. The Balaban J connectivity index is 1.64. The number of nitrogens with one attached hydrogen (secondary N) is 1. The van der Waals surface area contributed by atoms with Crippen molar-refractivity contribution in [1.82, 2.24) is 9.88 Å². The van der Waals surface area contributed by atoms with Gasteiger partial charge in [-0.3, -0.25) is 4.79 Å². The van der Waals surface area contributed by atoms with Crippen LogP contribution in [0.4, 0.5) is 0 Å². The number of aromatic amines is 1. The standard InChI is InChI=1S/C27H26N2O3/c1-3-32-21-11-6-8-18(16-21)26-25-23(22-12-4-5-13-24(22)28-25)14-15-29(26)27(30)19-9-7-10-20(17-19)31-2/h4-13,16-17,26,28H,3,14-15H2,1-2H3/t26-/m0/s1. The summed E-state index contributed by atoms with van der Waals surface area (Å²) in [4.78, 5) is 19.3. The van der Waals surface area contributed by atoms with Crippen molar-refractivity contribution in [2.75, 3.05) is 20.3 Å². The zero-order chi connectivity index (χ0) is 22.1. The van der Waals surface area contributed by atoms with Gasteiger partial charge in [-0.1, -0.05) is 36.4 Å². The molecule has 1 N–H and O–H groups in total. The van der Waals surface area contributed by atoms with E-state index in [-0.39, 0.29) is 11.9 Å². The molecule has 0 fully saturated rings. The first-order chi connectivity index (χ1) is 15.7. The highest BCUT2D eigenvalue weighted by atomic mass is 16.5. The van der Waals surface area contributed by atoms with E-state index in [0.717, 1.165) is 28.9 Å². The van der Waals surface area contributed by atoms with Crippen LogP contribution in [-0.4, -0.2) is 36.1 Å². The summed E-state index contributed by atoms with van der Waals surface area (Å²) in [6.45, 7) is 3.20. The summed E-state index contributed by atoms with van der Waals surface area (Å²) in [5.41, 5.74) is 5.10. The molecule has 0 bridgehead atoms. The van der Waals surface area contributed by atoms with Gasteiger partial charge >= 0.3 is 0 Å². The average molecular weight is 427 g/mol. The van der Waals surface area contributed by atoms with Crippen molar-refractivity contribution in [2.45, 2.75) is 19.4 Å². The Hall–Kier alpha value is -3.73. The molecule has 5 nitrogen and oxygen atoms in total. The van der Waals surface area contributed by atoms with Crippen molar-refractivity contribution in [3.05, 3.63) is 95.2 Å². The summed E-state index contributed by atoms with van der Waals surface area (Å²) >= 11 is 0. The van der Waals surface area contributed by atoms with E-state index in [4.69, 9.17) is 9.47 Å². The number of hydrogen-bond acceptors (Lipinski definition) is 3. The minimum Gasteiger partial charge on any atom is -0.497 e. The SMILES string of the molecule is CCOc1cccc([C@H]2c3[nH]c4ccccc4c3CCN2C(=O)c2cccc(OC)c2)c1. The minimum atomic E-state index is -0.231. The molecule has 162 valence electrons. The van der Waals surface area contributed by atoms with Gasteiger partial charge < -0.3 is 19.4 Å². The lowest BCUT2D eigenvalue weighted by molar-refractivity contribution is 0.0691. The van der Waals surface area contributed by atoms with E-state index >= 15 is 0 Å². The Morgan fingerprint density at radius 1 is 1.03 bits per heavy atom. The minimum absolute atomic E-state index is 0.0139. The molecule has 1 aliphatic rings. The molecule has 3 aromatic carbocycles. The van der Waals surface area contributed by atoms with Crippen molar-refractivity contribution in [3.8, 4) is 11.5 Å². The number of ether oxygens (including phenoxy) is 2. The van der Waals surface area contributed by atoms with E-state index < -0.39 is 0 Å². The van der Waals surface area contributed by atoms with Gasteiger partial charge in [-0.05, 0) is 60.9 Å². The summed E-state index contributed by atoms with van der Waals surface area (Å²) in [7, 11) is 1.61. The van der Waals surface area contributed by atoms with Gasteiger partial charge in [0.05, 0.1) is 19.8 Å². The summed E-state index contributed by atoms with van der Waals surface area (Å²) in [6, 6.07) is 23.5. The first-order valence-electron chi connectivity index (χ1n) is 11.0. The van der Waals surface area contributed by atoms with Gasteiger partial charge in [0.15, 0.2) is 0 Å². The van der Waals surface area contributed by atoms with Crippen LogP contribution in [0.25, 0.3) is 10.9 Å². The molecule has 5 rings (SSSR count). The summed E-state index contributed by atoms with van der Waals surface area (Å²) in [5.74, 6) is 1.47. The fraction of sp³-hybridized carbons (Fsp3) is 0.222. The van der Waals surface area contributed by atoms with Crippen LogP contribution in [0.2, 0.25) is 0 Å². The predicted molar refractivity (Wildman–Crippen MR) is 125 cm³/mol. The molecule has 0 unspecified atom stereocenters. The van der Waals surface area contributed by atoms with Crippen LogP contribution in [0.15, 0.2) is 72.8 Å². The highest BCUT2D eigenvalue weighted by molar-refractivity contribution is 5.96. The number of para-hydroxylation sites is 1. The average Bonchev–Trinajstić information content (AvgIpc) is 3.22. The molecular formula is C27H26N2O3. The molecule has 4 aromatic rings. The van der Waals surface area contributed by atoms with Gasteiger partial charge in [0, 0.05) is 28.7 Å². The molecule has 0 aliphatic carbocycles. The Labute approximate surface area is 187 Å². The fourth-order valence-corrected chi connectivity index (χ4v) is 4.67. The number of hydrogen-bond donors (Lipinski definition) is 1. The molecule has 1 aromatic heterocycles. The Bertz CT molecular complexity index is 1280. The smallest absolute Gasteiger partial charge is 0.254 e. The summed E-state index contributed by atoms with van der Waals surface area (Å²) in [6.07, 6.45) is 0.802. The predicted octanol–water partition coefficient (Wildman–Crippen LogP) is 5.36. The zero-order valence-electron chi connectivity index (χ0n) is 18.3. The molecule has 5 heteroatoms. The number of rotatable bonds is 5. The summed E-state index contributed by atoms with van der Waals surface area (Å²) < 4.78 is 11.1. The number of amides is 1. The lowest BCUT2D eigenvalue weighted by Crippen LogP contribution is -2.40. The number of aromatic nitrogens is 1. The van der Waals surface area contributed by atoms with Crippen LogP contribution >= 0.6 is 0 Å². The van der Waals surface area contributed by atoms with Gasteiger partial charge in [0.25, 0.3) is 5.91 Å². The van der Waals surface area contributed by atoms with Gasteiger partial charge in [-0.2, -0.15) is 0 Å². The lowest BCUT2D eigenvalue weighted by Gasteiger charge is -2.36. The zero-order valence-corrected chi connectivity index (χ0v) is 18.3. The van der Waals surface area contributed by atoms with Crippen molar-refractivity contribution >= 4 is 16.8 Å². The molecule has 0 radical (unpaired) electrons. The molecule has 0 spiro atoms. The van der Waals surface area contributed by atoms with E-state index in [2.05, 4.69) is 29.2 Å². The second kappa shape index (κ2) is 8.42. The Morgan fingerprint density at radius 3 is 2.69 bits per heavy atom. The van der Waals surface area contributed by atoms with Gasteiger partial charge in [-0.15, -0.1) is 0 Å². The Kier molecular flexibility index (Phi) is 5.31. The third-order valence-corrected chi connectivity index (χ3v) is 6.10. The van der Waals surface area contributed by atoms with Crippen molar-refractivity contribution in [3.63, 3.8) is 0 Å². The first kappa shape index (κ1) is 20.2. The Morgan fingerprint density at radius 2 is 1.84 bits per heavy atom. The molecule has 1 atom stereocenters.